The Hall–Kier alpha value is -1.40. The fourth-order valence-corrected chi connectivity index (χ4v) is 4.72. The number of nitrogens with zero attached hydrogens (tertiary/aromatic N) is 3. The first-order valence-corrected chi connectivity index (χ1v) is 10.2. The summed E-state index contributed by atoms with van der Waals surface area (Å²) in [7, 11) is 4.21. The number of hydrogen-bond donors (Lipinski definition) is 0. The lowest BCUT2D eigenvalue weighted by Gasteiger charge is -2.40. The van der Waals surface area contributed by atoms with Crippen LogP contribution in [0.15, 0.2) is 17.5 Å². The summed E-state index contributed by atoms with van der Waals surface area (Å²) in [4.78, 5) is 32.7. The second kappa shape index (κ2) is 8.32. The molecular formula is C19H29N3O2S. The summed E-state index contributed by atoms with van der Waals surface area (Å²) in [6, 6.07) is 3.48. The second-order valence-electron chi connectivity index (χ2n) is 7.52. The molecule has 5 nitrogen and oxygen atoms in total. The van der Waals surface area contributed by atoms with E-state index in [2.05, 4.69) is 19.0 Å². The number of hydrogen-bond acceptors (Lipinski definition) is 4. The Morgan fingerprint density at radius 3 is 2.56 bits per heavy atom. The lowest BCUT2D eigenvalue weighted by Crippen LogP contribution is -2.54. The van der Waals surface area contributed by atoms with Gasteiger partial charge in [-0.2, -0.15) is 0 Å². The van der Waals surface area contributed by atoms with Crippen LogP contribution in [-0.4, -0.2) is 72.8 Å². The molecule has 6 heteroatoms. The molecule has 2 aliphatic rings. The molecule has 2 aliphatic heterocycles. The number of likely N-dealkylation sites (tertiary alicyclic amines) is 2. The van der Waals surface area contributed by atoms with E-state index in [0.717, 1.165) is 56.6 Å². The van der Waals surface area contributed by atoms with Crippen LogP contribution in [0.2, 0.25) is 0 Å². The van der Waals surface area contributed by atoms with Gasteiger partial charge in [-0.3, -0.25) is 9.59 Å². The van der Waals surface area contributed by atoms with Crippen LogP contribution in [0, 0.1) is 5.92 Å². The molecule has 1 aromatic heterocycles. The van der Waals surface area contributed by atoms with E-state index in [9.17, 15) is 9.59 Å². The van der Waals surface area contributed by atoms with E-state index in [1.807, 2.05) is 27.3 Å². The maximum Gasteiger partial charge on any atom is 0.264 e. The SMILES string of the molecule is CN(C)CC1CCN(C(=O)C2CCCCN2C(=O)c2cccs2)CC1. The largest absolute Gasteiger partial charge is 0.341 e. The second-order valence-corrected chi connectivity index (χ2v) is 8.47. The highest BCUT2D eigenvalue weighted by Crippen LogP contribution is 2.25. The Morgan fingerprint density at radius 2 is 1.92 bits per heavy atom. The van der Waals surface area contributed by atoms with Crippen molar-refractivity contribution in [3.05, 3.63) is 22.4 Å². The summed E-state index contributed by atoms with van der Waals surface area (Å²) < 4.78 is 0. The molecule has 0 spiro atoms. The molecule has 1 aromatic rings. The van der Waals surface area contributed by atoms with Crippen molar-refractivity contribution >= 4 is 23.2 Å². The van der Waals surface area contributed by atoms with E-state index in [4.69, 9.17) is 0 Å². The van der Waals surface area contributed by atoms with Gasteiger partial charge < -0.3 is 14.7 Å². The summed E-state index contributed by atoms with van der Waals surface area (Å²) in [5.74, 6) is 0.859. The van der Waals surface area contributed by atoms with E-state index in [1.165, 1.54) is 11.3 Å². The molecule has 3 heterocycles. The summed E-state index contributed by atoms with van der Waals surface area (Å²) in [5, 5.41) is 1.92. The van der Waals surface area contributed by atoms with Crippen molar-refractivity contribution in [3.63, 3.8) is 0 Å². The van der Waals surface area contributed by atoms with Crippen LogP contribution in [0.3, 0.4) is 0 Å². The minimum Gasteiger partial charge on any atom is -0.341 e. The Bertz CT molecular complexity index is 579. The number of rotatable bonds is 4. The highest BCUT2D eigenvalue weighted by atomic mass is 32.1. The molecule has 0 bridgehead atoms. The zero-order valence-electron chi connectivity index (χ0n) is 15.3. The zero-order valence-corrected chi connectivity index (χ0v) is 16.1. The van der Waals surface area contributed by atoms with E-state index >= 15 is 0 Å². The van der Waals surface area contributed by atoms with Crippen LogP contribution < -0.4 is 0 Å². The van der Waals surface area contributed by atoms with E-state index in [-0.39, 0.29) is 17.9 Å². The van der Waals surface area contributed by atoms with E-state index < -0.39 is 0 Å². The van der Waals surface area contributed by atoms with Crippen LogP contribution in [-0.2, 0) is 4.79 Å². The fourth-order valence-electron chi connectivity index (χ4n) is 4.04. The van der Waals surface area contributed by atoms with Crippen molar-refractivity contribution < 1.29 is 9.59 Å². The van der Waals surface area contributed by atoms with Gasteiger partial charge in [0.05, 0.1) is 4.88 Å². The minimum atomic E-state index is -0.270. The molecule has 0 radical (unpaired) electrons. The van der Waals surface area contributed by atoms with Crippen molar-refractivity contribution in [2.45, 2.75) is 38.1 Å². The van der Waals surface area contributed by atoms with Crippen molar-refractivity contribution in [2.24, 2.45) is 5.92 Å². The normalized spacial score (nSPS) is 22.4. The van der Waals surface area contributed by atoms with Crippen LogP contribution in [0.25, 0.3) is 0 Å². The first kappa shape index (κ1) is 18.4. The first-order valence-electron chi connectivity index (χ1n) is 9.34. The van der Waals surface area contributed by atoms with Gasteiger partial charge in [0, 0.05) is 26.2 Å². The summed E-state index contributed by atoms with van der Waals surface area (Å²) in [6.07, 6.45) is 4.95. The van der Waals surface area contributed by atoms with Gasteiger partial charge in [-0.25, -0.2) is 0 Å². The van der Waals surface area contributed by atoms with Gasteiger partial charge in [0.1, 0.15) is 6.04 Å². The smallest absolute Gasteiger partial charge is 0.264 e. The van der Waals surface area contributed by atoms with Crippen molar-refractivity contribution in [2.75, 3.05) is 40.3 Å². The minimum absolute atomic E-state index is 0.0237. The molecule has 0 aliphatic carbocycles. The molecule has 25 heavy (non-hydrogen) atoms. The molecule has 2 saturated heterocycles. The Balaban J connectivity index is 1.62. The quantitative estimate of drug-likeness (QED) is 0.826. The van der Waals surface area contributed by atoms with Crippen molar-refractivity contribution in [3.8, 4) is 0 Å². The number of amides is 2. The van der Waals surface area contributed by atoms with E-state index in [0.29, 0.717) is 12.5 Å². The molecule has 2 amide bonds. The molecule has 1 atom stereocenters. The third-order valence-electron chi connectivity index (χ3n) is 5.33. The van der Waals surface area contributed by atoms with Crippen LogP contribution in [0.1, 0.15) is 41.8 Å². The van der Waals surface area contributed by atoms with Gasteiger partial charge in [-0.15, -0.1) is 11.3 Å². The third-order valence-corrected chi connectivity index (χ3v) is 6.19. The molecule has 2 fully saturated rings. The van der Waals surface area contributed by atoms with Gasteiger partial charge in [0.15, 0.2) is 0 Å². The molecule has 3 rings (SSSR count). The molecule has 0 aromatic carbocycles. The van der Waals surface area contributed by atoms with Gasteiger partial charge in [-0.05, 0) is 63.6 Å². The highest BCUT2D eigenvalue weighted by molar-refractivity contribution is 7.12. The van der Waals surface area contributed by atoms with Crippen molar-refractivity contribution in [1.82, 2.24) is 14.7 Å². The highest BCUT2D eigenvalue weighted by Gasteiger charge is 2.36. The van der Waals surface area contributed by atoms with Gasteiger partial charge in [0.25, 0.3) is 5.91 Å². The lowest BCUT2D eigenvalue weighted by atomic mass is 9.94. The van der Waals surface area contributed by atoms with E-state index in [1.54, 1.807) is 0 Å². The third kappa shape index (κ3) is 4.42. The molecular weight excluding hydrogens is 334 g/mol. The monoisotopic (exact) mass is 363 g/mol. The number of piperidine rings is 2. The predicted molar refractivity (Wildman–Crippen MR) is 101 cm³/mol. The zero-order chi connectivity index (χ0) is 17.8. The summed E-state index contributed by atoms with van der Waals surface area (Å²) in [6.45, 7) is 3.45. The van der Waals surface area contributed by atoms with Gasteiger partial charge in [-0.1, -0.05) is 6.07 Å². The number of carbonyl (C=O) groups is 2. The predicted octanol–water partition coefficient (Wildman–Crippen LogP) is 2.54. The van der Waals surface area contributed by atoms with Gasteiger partial charge in [0.2, 0.25) is 5.91 Å². The molecule has 138 valence electrons. The fraction of sp³-hybridized carbons (Fsp3) is 0.684. The standard InChI is InChI=1S/C19H29N3O2S/c1-20(2)14-15-8-11-21(12-9-15)18(23)16-6-3-4-10-22(16)19(24)17-7-5-13-25-17/h5,7,13,15-16H,3-4,6,8-12,14H2,1-2H3. The average molecular weight is 364 g/mol. The summed E-state index contributed by atoms with van der Waals surface area (Å²) >= 11 is 1.46. The topological polar surface area (TPSA) is 43.9 Å². The van der Waals surface area contributed by atoms with Crippen LogP contribution >= 0.6 is 11.3 Å². The maximum absolute atomic E-state index is 13.1. The maximum atomic E-state index is 13.1. The molecule has 0 saturated carbocycles. The number of carbonyl (C=O) groups excluding carboxylic acids is 2. The first-order chi connectivity index (χ1) is 12.1. The summed E-state index contributed by atoms with van der Waals surface area (Å²) in [5.41, 5.74) is 0. The Morgan fingerprint density at radius 1 is 1.16 bits per heavy atom. The molecule has 1 unspecified atom stereocenters. The lowest BCUT2D eigenvalue weighted by molar-refractivity contribution is -0.138. The van der Waals surface area contributed by atoms with Crippen molar-refractivity contribution in [1.29, 1.82) is 0 Å². The number of thiophene rings is 1. The van der Waals surface area contributed by atoms with Crippen LogP contribution in [0.4, 0.5) is 0 Å². The van der Waals surface area contributed by atoms with Gasteiger partial charge >= 0.3 is 0 Å². The van der Waals surface area contributed by atoms with Crippen LogP contribution in [0.5, 0.6) is 0 Å². The Kier molecular flexibility index (Phi) is 6.12. The Labute approximate surface area is 154 Å². The molecule has 0 N–H and O–H groups in total. The average Bonchev–Trinajstić information content (AvgIpc) is 3.15.